The maximum atomic E-state index is 5.99. The van der Waals surface area contributed by atoms with E-state index in [0.717, 1.165) is 13.2 Å². The average Bonchev–Trinajstić information content (AvgIpc) is 2.52. The molecule has 0 aliphatic carbocycles. The predicted octanol–water partition coefficient (Wildman–Crippen LogP) is -3.09. The number of piperidine rings is 1. The van der Waals surface area contributed by atoms with Gasteiger partial charge in [0.2, 0.25) is 0 Å². The van der Waals surface area contributed by atoms with Gasteiger partial charge >= 0.3 is 0 Å². The lowest BCUT2D eigenvalue weighted by molar-refractivity contribution is -0.932. The number of ether oxygens (including phenoxy) is 1. The van der Waals surface area contributed by atoms with Crippen LogP contribution in [0.15, 0.2) is 0 Å². The number of rotatable bonds is 10. The summed E-state index contributed by atoms with van der Waals surface area (Å²) in [6, 6.07) is 0. The zero-order valence-corrected chi connectivity index (χ0v) is 18.4. The number of hydrogen-bond donors (Lipinski definition) is 0. The van der Waals surface area contributed by atoms with Gasteiger partial charge < -0.3 is 47.7 Å². The Morgan fingerprint density at radius 2 is 1.36 bits per heavy atom. The molecule has 3 nitrogen and oxygen atoms in total. The molecule has 0 unspecified atom stereocenters. The van der Waals surface area contributed by atoms with Crippen LogP contribution in [-0.4, -0.2) is 74.5 Å². The van der Waals surface area contributed by atoms with Crippen LogP contribution in [0.5, 0.6) is 0 Å². The zero-order chi connectivity index (χ0) is 14.9. The number of halogens is 2. The Hall–Kier alpha value is 0.840. The topological polar surface area (TPSA) is 9.23 Å². The highest BCUT2D eigenvalue weighted by atomic mass is 79.9. The van der Waals surface area contributed by atoms with Gasteiger partial charge in [-0.2, -0.15) is 0 Å². The molecule has 1 saturated heterocycles. The van der Waals surface area contributed by atoms with Gasteiger partial charge in [-0.1, -0.05) is 0 Å². The Balaban J connectivity index is 0. The lowest BCUT2D eigenvalue weighted by Crippen LogP contribution is -3.00. The van der Waals surface area contributed by atoms with Crippen LogP contribution in [0.25, 0.3) is 0 Å². The molecule has 1 heterocycles. The van der Waals surface area contributed by atoms with Gasteiger partial charge in [-0.05, 0) is 47.0 Å². The molecule has 0 bridgehead atoms. The molecular formula is C17H38Br2N2O. The van der Waals surface area contributed by atoms with E-state index >= 15 is 0 Å². The van der Waals surface area contributed by atoms with Gasteiger partial charge in [0, 0.05) is 0 Å². The van der Waals surface area contributed by atoms with Crippen molar-refractivity contribution in [3.8, 4) is 0 Å². The zero-order valence-electron chi connectivity index (χ0n) is 15.3. The van der Waals surface area contributed by atoms with Crippen LogP contribution >= 0.6 is 0 Å². The molecule has 0 amide bonds. The largest absolute Gasteiger partial charge is 1.00 e. The number of likely N-dealkylation sites (N-methyl/N-ethyl adjacent to an activating group) is 2. The van der Waals surface area contributed by atoms with Crippen LogP contribution in [0.1, 0.15) is 47.0 Å². The molecule has 1 fully saturated rings. The van der Waals surface area contributed by atoms with Crippen LogP contribution in [0.3, 0.4) is 0 Å². The summed E-state index contributed by atoms with van der Waals surface area (Å²) in [5.41, 5.74) is 0. The van der Waals surface area contributed by atoms with Crippen molar-refractivity contribution < 1.29 is 47.7 Å². The Labute approximate surface area is 160 Å². The monoisotopic (exact) mass is 444 g/mol. The number of likely N-dealkylation sites (tertiary alicyclic amines) is 1. The molecule has 0 aromatic carbocycles. The van der Waals surface area contributed by atoms with Crippen molar-refractivity contribution >= 4 is 0 Å². The smallest absolute Gasteiger partial charge is 0.102 e. The quantitative estimate of drug-likeness (QED) is 0.256. The fourth-order valence-electron chi connectivity index (χ4n) is 3.64. The van der Waals surface area contributed by atoms with Gasteiger partial charge in [-0.15, -0.1) is 0 Å². The first-order valence-electron chi connectivity index (χ1n) is 8.94. The minimum absolute atomic E-state index is 0. The summed E-state index contributed by atoms with van der Waals surface area (Å²) in [4.78, 5) is 0. The van der Waals surface area contributed by atoms with Crippen LogP contribution in [0.4, 0.5) is 0 Å². The van der Waals surface area contributed by atoms with Crippen molar-refractivity contribution in [1.29, 1.82) is 0 Å². The van der Waals surface area contributed by atoms with E-state index in [1.807, 2.05) is 0 Å². The van der Waals surface area contributed by atoms with Crippen molar-refractivity contribution in [3.63, 3.8) is 0 Å². The van der Waals surface area contributed by atoms with Crippen LogP contribution in [0, 0.1) is 0 Å². The van der Waals surface area contributed by atoms with Crippen molar-refractivity contribution in [2.24, 2.45) is 0 Å². The molecule has 0 aromatic rings. The molecular weight excluding hydrogens is 408 g/mol. The third kappa shape index (κ3) is 7.61. The van der Waals surface area contributed by atoms with E-state index in [0.29, 0.717) is 0 Å². The second-order valence-electron chi connectivity index (χ2n) is 6.52. The lowest BCUT2D eigenvalue weighted by atomic mass is 10.1. The minimum Gasteiger partial charge on any atom is -1.00 e. The Kier molecular flexibility index (Phi) is 15.0. The Morgan fingerprint density at radius 3 is 1.82 bits per heavy atom. The van der Waals surface area contributed by atoms with Gasteiger partial charge in [0.25, 0.3) is 0 Å². The molecule has 1 aliphatic rings. The van der Waals surface area contributed by atoms with Gasteiger partial charge in [-0.25, -0.2) is 0 Å². The first-order chi connectivity index (χ1) is 9.66. The van der Waals surface area contributed by atoms with Gasteiger partial charge in [0.1, 0.15) is 13.1 Å². The Bertz CT molecular complexity index is 247. The average molecular weight is 446 g/mol. The molecule has 0 saturated carbocycles. The highest BCUT2D eigenvalue weighted by Gasteiger charge is 2.27. The van der Waals surface area contributed by atoms with E-state index in [4.69, 9.17) is 4.74 Å². The molecule has 0 atom stereocenters. The molecule has 22 heavy (non-hydrogen) atoms. The van der Waals surface area contributed by atoms with Crippen LogP contribution in [0.2, 0.25) is 0 Å². The highest BCUT2D eigenvalue weighted by molar-refractivity contribution is 4.53. The molecule has 1 aliphatic heterocycles. The van der Waals surface area contributed by atoms with Crippen molar-refractivity contribution in [2.75, 3.05) is 65.6 Å². The summed E-state index contributed by atoms with van der Waals surface area (Å²) in [6.45, 7) is 21.2. The molecule has 5 heteroatoms. The second-order valence-corrected chi connectivity index (χ2v) is 6.52. The summed E-state index contributed by atoms with van der Waals surface area (Å²) in [6.07, 6.45) is 4.26. The SMILES string of the molecule is CC[N+](CC)(CC)CCOCC[N+]1(CC)CCCCC1.[Br-].[Br-]. The van der Waals surface area contributed by atoms with Crippen LogP contribution < -0.4 is 34.0 Å². The number of nitrogens with zero attached hydrogens (tertiary/aromatic N) is 2. The highest BCUT2D eigenvalue weighted by Crippen LogP contribution is 2.18. The van der Waals surface area contributed by atoms with Gasteiger partial charge in [-0.3, -0.25) is 0 Å². The van der Waals surface area contributed by atoms with E-state index in [2.05, 4.69) is 27.7 Å². The van der Waals surface area contributed by atoms with E-state index in [-0.39, 0.29) is 34.0 Å². The van der Waals surface area contributed by atoms with Crippen molar-refractivity contribution in [3.05, 3.63) is 0 Å². The molecule has 0 N–H and O–H groups in total. The van der Waals surface area contributed by atoms with E-state index in [1.54, 1.807) is 0 Å². The Morgan fingerprint density at radius 1 is 0.818 bits per heavy atom. The summed E-state index contributed by atoms with van der Waals surface area (Å²) < 4.78 is 8.50. The minimum atomic E-state index is 0. The fraction of sp³-hybridized carbons (Fsp3) is 1.00. The molecule has 0 aromatic heterocycles. The molecule has 0 radical (unpaired) electrons. The van der Waals surface area contributed by atoms with Crippen molar-refractivity contribution in [2.45, 2.75) is 47.0 Å². The second kappa shape index (κ2) is 13.2. The molecule has 1 rings (SSSR count). The van der Waals surface area contributed by atoms with Crippen LogP contribution in [-0.2, 0) is 4.74 Å². The predicted molar refractivity (Wildman–Crippen MR) is 86.8 cm³/mol. The van der Waals surface area contributed by atoms with Crippen molar-refractivity contribution in [1.82, 2.24) is 0 Å². The normalized spacial score (nSPS) is 17.5. The third-order valence-corrected chi connectivity index (χ3v) is 5.87. The van der Waals surface area contributed by atoms with Gasteiger partial charge in [0.15, 0.2) is 0 Å². The summed E-state index contributed by atoms with van der Waals surface area (Å²) >= 11 is 0. The maximum Gasteiger partial charge on any atom is 0.102 e. The molecule has 0 spiro atoms. The standard InChI is InChI=1S/C17H38N2O.2BrH/c1-5-18(6-2,7-3)14-16-20-17-15-19(8-4)12-10-9-11-13-19;;/h5-17H2,1-4H3;2*1H/q+2;;/p-2. The summed E-state index contributed by atoms with van der Waals surface area (Å²) in [5, 5.41) is 0. The third-order valence-electron chi connectivity index (χ3n) is 5.87. The summed E-state index contributed by atoms with van der Waals surface area (Å²) in [5.74, 6) is 0. The fourth-order valence-corrected chi connectivity index (χ4v) is 3.64. The van der Waals surface area contributed by atoms with Gasteiger partial charge in [0.05, 0.1) is 52.5 Å². The van der Waals surface area contributed by atoms with E-state index in [9.17, 15) is 0 Å². The van der Waals surface area contributed by atoms with E-state index in [1.165, 1.54) is 80.6 Å². The summed E-state index contributed by atoms with van der Waals surface area (Å²) in [7, 11) is 0. The lowest BCUT2D eigenvalue weighted by Gasteiger charge is -2.41. The number of hydrogen-bond acceptors (Lipinski definition) is 1. The van der Waals surface area contributed by atoms with E-state index < -0.39 is 0 Å². The first kappa shape index (κ1) is 25.1. The first-order valence-corrected chi connectivity index (χ1v) is 8.94. The maximum absolute atomic E-state index is 5.99. The number of quaternary nitrogens is 2. The molecule has 136 valence electrons.